The van der Waals surface area contributed by atoms with E-state index in [9.17, 15) is 9.59 Å². The molecule has 2 amide bonds. The van der Waals surface area contributed by atoms with E-state index in [2.05, 4.69) is 42.2 Å². The van der Waals surface area contributed by atoms with E-state index in [1.54, 1.807) is 6.07 Å². The maximum atomic E-state index is 12.3. The summed E-state index contributed by atoms with van der Waals surface area (Å²) in [6.07, 6.45) is 0.648. The van der Waals surface area contributed by atoms with Gasteiger partial charge in [0.2, 0.25) is 0 Å². The van der Waals surface area contributed by atoms with Gasteiger partial charge in [-0.15, -0.1) is 0 Å². The van der Waals surface area contributed by atoms with Crippen molar-refractivity contribution >= 4 is 66.5 Å². The number of fused-ring (bicyclic) bond motifs is 4. The highest BCUT2D eigenvalue weighted by atomic mass is 79.9. The quantitative estimate of drug-likeness (QED) is 0.190. The van der Waals surface area contributed by atoms with E-state index in [-0.39, 0.29) is 6.03 Å². The zero-order valence-electron chi connectivity index (χ0n) is 20.5. The summed E-state index contributed by atoms with van der Waals surface area (Å²) < 4.78 is 8.00. The summed E-state index contributed by atoms with van der Waals surface area (Å²) in [5.41, 5.74) is 4.07. The van der Waals surface area contributed by atoms with Crippen LogP contribution in [0.15, 0.2) is 76.2 Å². The number of hydrogen-bond donors (Lipinski definition) is 3. The number of hydrogen-bond acceptors (Lipinski definition) is 4. The van der Waals surface area contributed by atoms with Crippen molar-refractivity contribution in [2.24, 2.45) is 12.0 Å². The molecule has 0 atom stereocenters. The lowest BCUT2D eigenvalue weighted by atomic mass is 10.1. The second-order valence-corrected chi connectivity index (χ2v) is 9.57. The monoisotopic (exact) mass is 559 g/mol. The van der Waals surface area contributed by atoms with Crippen molar-refractivity contribution in [1.29, 1.82) is 0 Å². The number of aromatic amines is 1. The van der Waals surface area contributed by atoms with Gasteiger partial charge < -0.3 is 24.9 Å². The number of para-hydroxylation sites is 1. The van der Waals surface area contributed by atoms with Gasteiger partial charge in [-0.05, 0) is 55.0 Å². The topological polar surface area (TPSA) is 101 Å². The van der Waals surface area contributed by atoms with Gasteiger partial charge in [-0.25, -0.2) is 9.59 Å². The van der Waals surface area contributed by atoms with Gasteiger partial charge in [-0.1, -0.05) is 34.1 Å². The summed E-state index contributed by atoms with van der Waals surface area (Å²) in [5, 5.41) is 9.35. The number of urea groups is 1. The molecule has 9 heteroatoms. The number of benzene rings is 3. The third kappa shape index (κ3) is 4.95. The smallest absolute Gasteiger partial charge is 0.337 e. The molecule has 0 saturated heterocycles. The minimum absolute atomic E-state index is 0.255. The third-order valence-corrected chi connectivity index (χ3v) is 6.76. The van der Waals surface area contributed by atoms with Crippen molar-refractivity contribution in [3.05, 3.63) is 82.1 Å². The van der Waals surface area contributed by atoms with Crippen LogP contribution in [0.1, 0.15) is 16.8 Å². The van der Waals surface area contributed by atoms with E-state index < -0.39 is 5.97 Å². The molecule has 2 aromatic heterocycles. The number of nitrogens with one attached hydrogen (secondary N) is 3. The van der Waals surface area contributed by atoms with Crippen molar-refractivity contribution in [2.45, 2.75) is 6.42 Å². The molecule has 0 unspecified atom stereocenters. The Morgan fingerprint density at radius 3 is 2.65 bits per heavy atom. The molecule has 0 aliphatic carbocycles. The molecule has 0 spiro atoms. The molecular weight excluding hydrogens is 534 g/mol. The molecule has 5 aromatic rings. The molecular formula is C28H26BrN5O3. The van der Waals surface area contributed by atoms with E-state index in [4.69, 9.17) is 9.73 Å². The third-order valence-electron chi connectivity index (χ3n) is 6.27. The second-order valence-electron chi connectivity index (χ2n) is 8.65. The largest absolute Gasteiger partial charge is 0.465 e. The molecule has 0 aliphatic heterocycles. The molecule has 3 aromatic carbocycles. The lowest BCUT2D eigenvalue weighted by Gasteiger charge is -2.11. The number of ether oxygens (including phenoxy) is 1. The first-order chi connectivity index (χ1) is 18.0. The molecule has 5 rings (SSSR count). The first-order valence-corrected chi connectivity index (χ1v) is 12.7. The van der Waals surface area contributed by atoms with Crippen LogP contribution in [0.4, 0.5) is 10.5 Å². The standard InChI is InChI=1S/C28H26BrN5O3/c1-34-23-12-9-17(27(35)37-2)15-21(23)25(24-20-16-18(29)10-11-22(20)33-26(24)34)30-13-6-14-31-28(36)32-19-7-4-3-5-8-19/h3-5,7-12,15-16,33H,6,13-14H2,1-2H3,(H2,31,32,36). The highest BCUT2D eigenvalue weighted by Crippen LogP contribution is 2.28. The van der Waals surface area contributed by atoms with Crippen LogP contribution >= 0.6 is 15.9 Å². The van der Waals surface area contributed by atoms with Crippen LogP contribution in [-0.2, 0) is 11.8 Å². The molecule has 3 N–H and O–H groups in total. The minimum atomic E-state index is -0.397. The van der Waals surface area contributed by atoms with Crippen molar-refractivity contribution in [2.75, 3.05) is 25.5 Å². The number of anilines is 1. The predicted octanol–water partition coefficient (Wildman–Crippen LogP) is 5.47. The van der Waals surface area contributed by atoms with Crippen molar-refractivity contribution in [3.63, 3.8) is 0 Å². The number of rotatable bonds is 6. The maximum Gasteiger partial charge on any atom is 0.337 e. The zero-order chi connectivity index (χ0) is 25.9. The Bertz CT molecular complexity index is 1710. The first kappa shape index (κ1) is 24.6. The minimum Gasteiger partial charge on any atom is -0.465 e. The summed E-state index contributed by atoms with van der Waals surface area (Å²) in [5.74, 6) is -0.397. The van der Waals surface area contributed by atoms with Gasteiger partial charge in [0.1, 0.15) is 5.65 Å². The Morgan fingerprint density at radius 1 is 1.05 bits per heavy atom. The molecule has 37 heavy (non-hydrogen) atoms. The Kier molecular flexibility index (Phi) is 6.96. The van der Waals surface area contributed by atoms with E-state index in [1.165, 1.54) is 7.11 Å². The van der Waals surface area contributed by atoms with Gasteiger partial charge in [0.25, 0.3) is 0 Å². The number of aromatic nitrogens is 2. The molecule has 2 heterocycles. The number of halogens is 1. The number of carbonyl (C=O) groups excluding carboxylic acids is 2. The van der Waals surface area contributed by atoms with Crippen LogP contribution in [0, 0.1) is 0 Å². The van der Waals surface area contributed by atoms with E-state index in [0.717, 1.165) is 48.4 Å². The molecule has 0 saturated carbocycles. The average molecular weight is 560 g/mol. The van der Waals surface area contributed by atoms with Crippen LogP contribution in [0.5, 0.6) is 0 Å². The van der Waals surface area contributed by atoms with Gasteiger partial charge in [-0.3, -0.25) is 4.99 Å². The Morgan fingerprint density at radius 2 is 1.86 bits per heavy atom. The SMILES string of the molecule is COC(=O)c1ccc2c(c1)c(=NCCCNC(=O)Nc1ccccc1)c1c3cc(Br)ccc3[nH]c1n2C. The number of amides is 2. The molecule has 0 bridgehead atoms. The van der Waals surface area contributed by atoms with Crippen LogP contribution in [0.3, 0.4) is 0 Å². The second kappa shape index (κ2) is 10.5. The van der Waals surface area contributed by atoms with Crippen LogP contribution in [-0.4, -0.2) is 41.8 Å². The average Bonchev–Trinajstić information content (AvgIpc) is 3.29. The normalized spacial score (nSPS) is 11.8. The lowest BCUT2D eigenvalue weighted by Crippen LogP contribution is -2.29. The summed E-state index contributed by atoms with van der Waals surface area (Å²) in [4.78, 5) is 33.0. The summed E-state index contributed by atoms with van der Waals surface area (Å²) in [6.45, 7) is 0.962. The van der Waals surface area contributed by atoms with E-state index in [0.29, 0.717) is 25.1 Å². The number of pyridine rings is 1. The van der Waals surface area contributed by atoms with Gasteiger partial charge >= 0.3 is 12.0 Å². The zero-order valence-corrected chi connectivity index (χ0v) is 22.1. The van der Waals surface area contributed by atoms with Gasteiger partial charge in [0.15, 0.2) is 0 Å². The molecule has 0 fully saturated rings. The predicted molar refractivity (Wildman–Crippen MR) is 150 cm³/mol. The number of esters is 1. The Labute approximate surface area is 221 Å². The van der Waals surface area contributed by atoms with E-state index in [1.807, 2.05) is 61.6 Å². The summed E-state index contributed by atoms with van der Waals surface area (Å²) in [7, 11) is 3.37. The van der Waals surface area contributed by atoms with Gasteiger partial charge in [-0.2, -0.15) is 0 Å². The number of H-pyrrole nitrogens is 1. The fraction of sp³-hybridized carbons (Fsp3) is 0.179. The van der Waals surface area contributed by atoms with Crippen molar-refractivity contribution < 1.29 is 14.3 Å². The summed E-state index contributed by atoms with van der Waals surface area (Å²) in [6, 6.07) is 20.7. The van der Waals surface area contributed by atoms with Gasteiger partial charge in [0.05, 0.1) is 28.9 Å². The molecule has 0 radical (unpaired) electrons. The van der Waals surface area contributed by atoms with Crippen LogP contribution in [0.2, 0.25) is 0 Å². The highest BCUT2D eigenvalue weighted by Gasteiger charge is 2.15. The highest BCUT2D eigenvalue weighted by molar-refractivity contribution is 9.10. The van der Waals surface area contributed by atoms with E-state index >= 15 is 0 Å². The Hall–Kier alpha value is -4.11. The summed E-state index contributed by atoms with van der Waals surface area (Å²) >= 11 is 3.59. The fourth-order valence-electron chi connectivity index (χ4n) is 4.49. The Balaban J connectivity index is 1.51. The van der Waals surface area contributed by atoms with Gasteiger partial charge in [0, 0.05) is 46.6 Å². The van der Waals surface area contributed by atoms with Crippen LogP contribution < -0.4 is 16.0 Å². The molecule has 188 valence electrons. The van der Waals surface area contributed by atoms with Crippen molar-refractivity contribution in [1.82, 2.24) is 14.9 Å². The van der Waals surface area contributed by atoms with Crippen LogP contribution in [0.25, 0.3) is 32.8 Å². The number of aryl methyl sites for hydroxylation is 1. The number of nitrogens with zero attached hydrogens (tertiary/aromatic N) is 2. The molecule has 8 nitrogen and oxygen atoms in total. The van der Waals surface area contributed by atoms with Crippen molar-refractivity contribution in [3.8, 4) is 0 Å². The first-order valence-electron chi connectivity index (χ1n) is 11.9. The fourth-order valence-corrected chi connectivity index (χ4v) is 4.85. The maximum absolute atomic E-state index is 12.3. The number of methoxy groups -OCH3 is 1. The lowest BCUT2D eigenvalue weighted by molar-refractivity contribution is 0.0601. The molecule has 0 aliphatic rings. The number of carbonyl (C=O) groups is 2.